The number of anilines is 1. The molecule has 0 radical (unpaired) electrons. The minimum Gasteiger partial charge on any atom is -0.493 e. The number of benzene rings is 2. The molecule has 134 valence electrons. The van der Waals surface area contributed by atoms with Crippen LogP contribution in [0, 0.1) is 20.8 Å². The van der Waals surface area contributed by atoms with E-state index in [4.69, 9.17) is 9.47 Å². The number of nitrogens with zero attached hydrogens (tertiary/aromatic N) is 1. The second kappa shape index (κ2) is 8.42. The molecule has 0 aliphatic carbocycles. The molecule has 2 N–H and O–H groups in total. The normalized spacial score (nSPS) is 11.2. The number of methoxy groups -OCH3 is 2. The molecule has 2 aromatic carbocycles. The Labute approximate surface area is 150 Å². The van der Waals surface area contributed by atoms with Crippen molar-refractivity contribution in [3.63, 3.8) is 0 Å². The van der Waals surface area contributed by atoms with E-state index in [2.05, 4.69) is 48.5 Å². The van der Waals surface area contributed by atoms with Crippen molar-refractivity contribution < 1.29 is 9.47 Å². The molecule has 0 aliphatic rings. The van der Waals surface area contributed by atoms with Crippen LogP contribution in [0.5, 0.6) is 11.5 Å². The third kappa shape index (κ3) is 4.66. The van der Waals surface area contributed by atoms with Gasteiger partial charge in [-0.25, -0.2) is 0 Å². The van der Waals surface area contributed by atoms with Crippen LogP contribution in [0.15, 0.2) is 35.3 Å². The molecule has 2 aromatic rings. The molecule has 5 heteroatoms. The topological polar surface area (TPSA) is 54.9 Å². The lowest BCUT2D eigenvalue weighted by molar-refractivity contribution is 0.355. The zero-order valence-corrected chi connectivity index (χ0v) is 15.9. The van der Waals surface area contributed by atoms with E-state index in [0.717, 1.165) is 5.69 Å². The van der Waals surface area contributed by atoms with Crippen molar-refractivity contribution in [3.05, 3.63) is 52.6 Å². The third-order valence-electron chi connectivity index (χ3n) is 4.14. The molecular weight excluding hydrogens is 314 g/mol. The van der Waals surface area contributed by atoms with Crippen LogP contribution < -0.4 is 20.1 Å². The summed E-state index contributed by atoms with van der Waals surface area (Å²) in [4.78, 5) is 4.30. The molecule has 5 nitrogen and oxygen atoms in total. The minimum atomic E-state index is 0.674. The quantitative estimate of drug-likeness (QED) is 0.641. The van der Waals surface area contributed by atoms with Crippen molar-refractivity contribution in [2.75, 3.05) is 26.6 Å². The van der Waals surface area contributed by atoms with Crippen LogP contribution in [0.4, 0.5) is 5.69 Å². The highest BCUT2D eigenvalue weighted by atomic mass is 16.5. The second-order valence-electron chi connectivity index (χ2n) is 6.00. The molecule has 0 saturated carbocycles. The Balaban J connectivity index is 2.09. The summed E-state index contributed by atoms with van der Waals surface area (Å²) in [5.74, 6) is 2.07. The van der Waals surface area contributed by atoms with Gasteiger partial charge in [-0.3, -0.25) is 4.99 Å². The van der Waals surface area contributed by atoms with Gasteiger partial charge in [-0.05, 0) is 49.6 Å². The van der Waals surface area contributed by atoms with E-state index in [1.54, 1.807) is 21.3 Å². The average Bonchev–Trinajstić information content (AvgIpc) is 2.59. The van der Waals surface area contributed by atoms with Gasteiger partial charge in [-0.2, -0.15) is 0 Å². The maximum atomic E-state index is 5.34. The number of hydrogen-bond acceptors (Lipinski definition) is 3. The van der Waals surface area contributed by atoms with E-state index in [-0.39, 0.29) is 0 Å². The van der Waals surface area contributed by atoms with Gasteiger partial charge >= 0.3 is 0 Å². The number of guanidine groups is 1. The Hall–Kier alpha value is -2.69. The van der Waals surface area contributed by atoms with Crippen LogP contribution in [0.3, 0.4) is 0 Å². The molecule has 0 bridgehead atoms. The number of nitrogens with one attached hydrogen (secondary N) is 2. The maximum Gasteiger partial charge on any atom is 0.195 e. The summed E-state index contributed by atoms with van der Waals surface area (Å²) < 4.78 is 10.6. The molecule has 0 unspecified atom stereocenters. The standard InChI is InChI=1S/C20H27N3O2/c1-13-9-14(2)17(15(3)10-13)12-22-20(21-4)23-16-7-8-18(24-5)19(11-16)25-6/h7-11H,12H2,1-6H3,(H2,21,22,23). The summed E-state index contributed by atoms with van der Waals surface area (Å²) in [6.45, 7) is 7.11. The van der Waals surface area contributed by atoms with E-state index in [0.29, 0.717) is 24.0 Å². The second-order valence-corrected chi connectivity index (χ2v) is 6.00. The van der Waals surface area contributed by atoms with Crippen molar-refractivity contribution in [1.29, 1.82) is 0 Å². The van der Waals surface area contributed by atoms with Crippen molar-refractivity contribution in [3.8, 4) is 11.5 Å². The van der Waals surface area contributed by atoms with Crippen LogP contribution in [-0.2, 0) is 6.54 Å². The number of aliphatic imine (C=N–C) groups is 1. The average molecular weight is 341 g/mol. The highest BCUT2D eigenvalue weighted by molar-refractivity contribution is 5.93. The summed E-state index contributed by atoms with van der Waals surface area (Å²) in [7, 11) is 5.00. The van der Waals surface area contributed by atoms with Gasteiger partial charge in [0.25, 0.3) is 0 Å². The van der Waals surface area contributed by atoms with Gasteiger partial charge < -0.3 is 20.1 Å². The minimum absolute atomic E-state index is 0.674. The van der Waals surface area contributed by atoms with Gasteiger partial charge in [0.2, 0.25) is 0 Å². The zero-order chi connectivity index (χ0) is 18.4. The Kier molecular flexibility index (Phi) is 6.28. The van der Waals surface area contributed by atoms with Gasteiger partial charge in [0.05, 0.1) is 14.2 Å². The monoisotopic (exact) mass is 341 g/mol. The zero-order valence-electron chi connectivity index (χ0n) is 15.9. The van der Waals surface area contributed by atoms with Gasteiger partial charge in [-0.15, -0.1) is 0 Å². The number of aryl methyl sites for hydroxylation is 3. The highest BCUT2D eigenvalue weighted by Crippen LogP contribution is 2.29. The first kappa shape index (κ1) is 18.6. The predicted octanol–water partition coefficient (Wildman–Crippen LogP) is 3.82. The van der Waals surface area contributed by atoms with Crippen molar-refractivity contribution in [2.24, 2.45) is 4.99 Å². The Morgan fingerprint density at radius 2 is 1.60 bits per heavy atom. The van der Waals surface area contributed by atoms with Crippen LogP contribution in [-0.4, -0.2) is 27.2 Å². The van der Waals surface area contributed by atoms with E-state index >= 15 is 0 Å². The van der Waals surface area contributed by atoms with Gasteiger partial charge in [0.1, 0.15) is 0 Å². The maximum absolute atomic E-state index is 5.34. The lowest BCUT2D eigenvalue weighted by atomic mass is 10.00. The summed E-state index contributed by atoms with van der Waals surface area (Å²) in [5, 5.41) is 6.65. The van der Waals surface area contributed by atoms with E-state index in [1.165, 1.54) is 22.3 Å². The van der Waals surface area contributed by atoms with Gasteiger partial charge in [0.15, 0.2) is 17.5 Å². The lowest BCUT2D eigenvalue weighted by Crippen LogP contribution is -2.30. The fourth-order valence-electron chi connectivity index (χ4n) is 2.89. The Morgan fingerprint density at radius 1 is 0.960 bits per heavy atom. The molecule has 0 saturated heterocycles. The van der Waals surface area contributed by atoms with Gasteiger partial charge in [-0.1, -0.05) is 17.7 Å². The smallest absolute Gasteiger partial charge is 0.195 e. The van der Waals surface area contributed by atoms with Crippen molar-refractivity contribution in [1.82, 2.24) is 5.32 Å². The molecule has 0 aromatic heterocycles. The van der Waals surface area contributed by atoms with E-state index in [1.807, 2.05) is 18.2 Å². The SMILES string of the molecule is CN=C(NCc1c(C)cc(C)cc1C)Nc1ccc(OC)c(OC)c1. The molecule has 0 aliphatic heterocycles. The van der Waals surface area contributed by atoms with Crippen LogP contribution in [0.2, 0.25) is 0 Å². The molecule has 2 rings (SSSR count). The molecule has 25 heavy (non-hydrogen) atoms. The molecular formula is C20H27N3O2. The summed E-state index contributed by atoms with van der Waals surface area (Å²) in [5.41, 5.74) is 6.02. The third-order valence-corrected chi connectivity index (χ3v) is 4.14. The first-order valence-corrected chi connectivity index (χ1v) is 8.25. The van der Waals surface area contributed by atoms with Crippen LogP contribution in [0.25, 0.3) is 0 Å². The lowest BCUT2D eigenvalue weighted by Gasteiger charge is -2.16. The first-order valence-electron chi connectivity index (χ1n) is 8.25. The highest BCUT2D eigenvalue weighted by Gasteiger charge is 2.08. The van der Waals surface area contributed by atoms with Crippen LogP contribution >= 0.6 is 0 Å². The molecule has 0 heterocycles. The molecule has 0 amide bonds. The van der Waals surface area contributed by atoms with Crippen molar-refractivity contribution >= 4 is 11.6 Å². The van der Waals surface area contributed by atoms with E-state index in [9.17, 15) is 0 Å². The van der Waals surface area contributed by atoms with Crippen molar-refractivity contribution in [2.45, 2.75) is 27.3 Å². The van der Waals surface area contributed by atoms with Crippen LogP contribution in [0.1, 0.15) is 22.3 Å². The summed E-state index contributed by atoms with van der Waals surface area (Å²) >= 11 is 0. The first-order chi connectivity index (χ1) is 12.0. The molecule has 0 fully saturated rings. The molecule has 0 spiro atoms. The fourth-order valence-corrected chi connectivity index (χ4v) is 2.89. The Morgan fingerprint density at radius 3 is 2.16 bits per heavy atom. The predicted molar refractivity (Wildman–Crippen MR) is 104 cm³/mol. The largest absolute Gasteiger partial charge is 0.493 e. The summed E-state index contributed by atoms with van der Waals surface area (Å²) in [6, 6.07) is 10.1. The number of rotatable bonds is 5. The fraction of sp³-hybridized carbons (Fsp3) is 0.350. The van der Waals surface area contributed by atoms with E-state index < -0.39 is 0 Å². The number of hydrogen-bond donors (Lipinski definition) is 2. The summed E-state index contributed by atoms with van der Waals surface area (Å²) in [6.07, 6.45) is 0. The Bertz CT molecular complexity index is 747. The molecule has 0 atom stereocenters. The van der Waals surface area contributed by atoms with Gasteiger partial charge in [0, 0.05) is 25.3 Å². The number of ether oxygens (including phenoxy) is 2.